The first-order valence-electron chi connectivity index (χ1n) is 10.5. The van der Waals surface area contributed by atoms with Crippen molar-refractivity contribution in [1.29, 1.82) is 0 Å². The lowest BCUT2D eigenvalue weighted by Gasteiger charge is -2.23. The monoisotopic (exact) mass is 459 g/mol. The highest BCUT2D eigenvalue weighted by molar-refractivity contribution is 7.91. The van der Waals surface area contributed by atoms with Crippen LogP contribution in [0.25, 0.3) is 0 Å². The van der Waals surface area contributed by atoms with Crippen LogP contribution in [0.3, 0.4) is 0 Å². The Kier molecular flexibility index (Phi) is 7.40. The third-order valence-corrected chi connectivity index (χ3v) is 7.15. The van der Waals surface area contributed by atoms with Gasteiger partial charge in [0, 0.05) is 17.3 Å². The number of anilines is 1. The number of carbonyl (C=O) groups is 2. The van der Waals surface area contributed by atoms with Gasteiger partial charge in [-0.3, -0.25) is 4.79 Å². The molecule has 3 amide bonds. The quantitative estimate of drug-likeness (QED) is 0.589. The molecule has 2 aromatic rings. The molecule has 1 aliphatic rings. The number of hydrogen-bond donors (Lipinski definition) is 3. The van der Waals surface area contributed by atoms with Crippen LogP contribution in [-0.2, 0) is 9.84 Å². The molecule has 9 heteroatoms. The third-order valence-electron chi connectivity index (χ3n) is 5.38. The number of nitrogens with one attached hydrogen (secondary N) is 3. The van der Waals surface area contributed by atoms with Crippen LogP contribution in [-0.4, -0.2) is 45.0 Å². The van der Waals surface area contributed by atoms with E-state index in [1.54, 1.807) is 31.4 Å². The molecule has 1 saturated heterocycles. The van der Waals surface area contributed by atoms with Crippen molar-refractivity contribution < 1.29 is 22.7 Å². The van der Waals surface area contributed by atoms with Gasteiger partial charge in [0.15, 0.2) is 9.84 Å². The SMILES string of the molecule is COc1ccc(C(NC(=O)c2cccc(NC(=O)NC3CCS(=O)(=O)C3)c2)C(C)C)cc1. The average Bonchev–Trinajstić information content (AvgIpc) is 3.09. The molecule has 1 aliphatic heterocycles. The molecule has 0 aromatic heterocycles. The number of carbonyl (C=O) groups excluding carboxylic acids is 2. The highest BCUT2D eigenvalue weighted by atomic mass is 32.2. The van der Waals surface area contributed by atoms with Crippen LogP contribution < -0.4 is 20.7 Å². The van der Waals surface area contributed by atoms with Crippen molar-refractivity contribution in [2.24, 2.45) is 5.92 Å². The lowest BCUT2D eigenvalue weighted by molar-refractivity contribution is 0.0925. The van der Waals surface area contributed by atoms with Crippen LogP contribution in [0.5, 0.6) is 5.75 Å². The molecular weight excluding hydrogens is 430 g/mol. The van der Waals surface area contributed by atoms with Crippen LogP contribution in [0.1, 0.15) is 42.2 Å². The summed E-state index contributed by atoms with van der Waals surface area (Å²) < 4.78 is 28.3. The van der Waals surface area contributed by atoms with Crippen LogP contribution in [0, 0.1) is 5.92 Å². The summed E-state index contributed by atoms with van der Waals surface area (Å²) in [5.74, 6) is 0.673. The maximum Gasteiger partial charge on any atom is 0.319 e. The summed E-state index contributed by atoms with van der Waals surface area (Å²) in [6, 6.07) is 13.1. The normalized spacial score (nSPS) is 18.1. The number of rotatable bonds is 7. The Morgan fingerprint density at radius 1 is 1.09 bits per heavy atom. The average molecular weight is 460 g/mol. The number of sulfone groups is 1. The second kappa shape index (κ2) is 10.0. The van der Waals surface area contributed by atoms with Gasteiger partial charge in [-0.25, -0.2) is 13.2 Å². The Bertz CT molecular complexity index is 1070. The van der Waals surface area contributed by atoms with Crippen LogP contribution >= 0.6 is 0 Å². The van der Waals surface area contributed by atoms with Gasteiger partial charge in [-0.1, -0.05) is 32.0 Å². The van der Waals surface area contributed by atoms with Crippen molar-refractivity contribution in [3.8, 4) is 5.75 Å². The van der Waals surface area contributed by atoms with Crippen molar-refractivity contribution in [2.75, 3.05) is 23.9 Å². The Hall–Kier alpha value is -3.07. The number of benzene rings is 2. The summed E-state index contributed by atoms with van der Waals surface area (Å²) in [6.07, 6.45) is 0.403. The fraction of sp³-hybridized carbons (Fsp3) is 0.391. The maximum absolute atomic E-state index is 12.9. The van der Waals surface area contributed by atoms with Crippen molar-refractivity contribution in [3.05, 3.63) is 59.7 Å². The van der Waals surface area contributed by atoms with E-state index in [4.69, 9.17) is 4.74 Å². The predicted octanol–water partition coefficient (Wildman–Crippen LogP) is 3.13. The maximum atomic E-state index is 12.9. The van der Waals surface area contributed by atoms with Crippen molar-refractivity contribution in [1.82, 2.24) is 10.6 Å². The van der Waals surface area contributed by atoms with E-state index in [9.17, 15) is 18.0 Å². The number of ether oxygens (including phenoxy) is 1. The van der Waals surface area contributed by atoms with E-state index >= 15 is 0 Å². The molecule has 2 aromatic carbocycles. The summed E-state index contributed by atoms with van der Waals surface area (Å²) in [5, 5.41) is 8.40. The zero-order chi connectivity index (χ0) is 23.3. The van der Waals surface area contributed by atoms with Gasteiger partial charge >= 0.3 is 6.03 Å². The molecule has 32 heavy (non-hydrogen) atoms. The second-order valence-electron chi connectivity index (χ2n) is 8.25. The molecule has 1 heterocycles. The molecule has 0 aliphatic carbocycles. The summed E-state index contributed by atoms with van der Waals surface area (Å²) in [4.78, 5) is 25.2. The lowest BCUT2D eigenvalue weighted by Crippen LogP contribution is -2.38. The number of amides is 3. The van der Waals surface area contributed by atoms with Gasteiger partial charge in [0.25, 0.3) is 5.91 Å². The van der Waals surface area contributed by atoms with Gasteiger partial charge in [0.05, 0.1) is 24.7 Å². The van der Waals surface area contributed by atoms with E-state index in [0.717, 1.165) is 11.3 Å². The highest BCUT2D eigenvalue weighted by Crippen LogP contribution is 2.24. The molecule has 2 atom stereocenters. The van der Waals surface area contributed by atoms with Crippen LogP contribution in [0.15, 0.2) is 48.5 Å². The Morgan fingerprint density at radius 2 is 1.81 bits per heavy atom. The summed E-state index contributed by atoms with van der Waals surface area (Å²) in [7, 11) is -1.48. The van der Waals surface area contributed by atoms with E-state index in [2.05, 4.69) is 16.0 Å². The molecule has 0 radical (unpaired) electrons. The van der Waals surface area contributed by atoms with Crippen LogP contribution in [0.2, 0.25) is 0 Å². The van der Waals surface area contributed by atoms with Gasteiger partial charge in [-0.05, 0) is 48.2 Å². The summed E-state index contributed by atoms with van der Waals surface area (Å²) in [6.45, 7) is 4.06. The van der Waals surface area contributed by atoms with Crippen molar-refractivity contribution >= 4 is 27.5 Å². The van der Waals surface area contributed by atoms with Gasteiger partial charge < -0.3 is 20.7 Å². The summed E-state index contributed by atoms with van der Waals surface area (Å²) in [5.41, 5.74) is 1.82. The Balaban J connectivity index is 1.65. The summed E-state index contributed by atoms with van der Waals surface area (Å²) >= 11 is 0. The van der Waals surface area contributed by atoms with Crippen molar-refractivity contribution in [2.45, 2.75) is 32.4 Å². The zero-order valence-electron chi connectivity index (χ0n) is 18.4. The fourth-order valence-corrected chi connectivity index (χ4v) is 5.34. The lowest BCUT2D eigenvalue weighted by atomic mass is 9.95. The van der Waals surface area contributed by atoms with E-state index in [1.165, 1.54) is 0 Å². The molecule has 3 rings (SSSR count). The molecule has 8 nitrogen and oxygen atoms in total. The predicted molar refractivity (Wildman–Crippen MR) is 124 cm³/mol. The minimum atomic E-state index is -3.08. The first-order valence-corrected chi connectivity index (χ1v) is 12.3. The first-order chi connectivity index (χ1) is 15.2. The number of methoxy groups -OCH3 is 1. The van der Waals surface area contributed by atoms with E-state index in [-0.39, 0.29) is 29.4 Å². The molecule has 0 spiro atoms. The molecular formula is C23H29N3O5S. The second-order valence-corrected chi connectivity index (χ2v) is 10.5. The fourth-order valence-electron chi connectivity index (χ4n) is 3.67. The highest BCUT2D eigenvalue weighted by Gasteiger charge is 2.29. The molecule has 172 valence electrons. The smallest absolute Gasteiger partial charge is 0.319 e. The number of hydrogen-bond acceptors (Lipinski definition) is 5. The number of urea groups is 1. The molecule has 0 saturated carbocycles. The topological polar surface area (TPSA) is 114 Å². The zero-order valence-corrected chi connectivity index (χ0v) is 19.2. The van der Waals surface area contributed by atoms with Gasteiger partial charge in [-0.2, -0.15) is 0 Å². The van der Waals surface area contributed by atoms with Crippen LogP contribution in [0.4, 0.5) is 10.5 Å². The van der Waals surface area contributed by atoms with Gasteiger partial charge in [-0.15, -0.1) is 0 Å². The molecule has 2 unspecified atom stereocenters. The first kappa shape index (κ1) is 23.6. The van der Waals surface area contributed by atoms with E-state index < -0.39 is 21.9 Å². The Morgan fingerprint density at radius 3 is 2.41 bits per heavy atom. The Labute approximate surface area is 188 Å². The molecule has 1 fully saturated rings. The standard InChI is InChI=1S/C23H29N3O5S/c1-15(2)21(16-7-9-20(31-3)10-8-16)26-22(27)17-5-4-6-18(13-17)24-23(28)25-19-11-12-32(29,30)14-19/h4-10,13,15,19,21H,11-12,14H2,1-3H3,(H,26,27)(H2,24,25,28). The molecule has 0 bridgehead atoms. The van der Waals surface area contributed by atoms with Gasteiger partial charge in [0.2, 0.25) is 0 Å². The van der Waals surface area contributed by atoms with E-state index in [0.29, 0.717) is 17.7 Å². The molecule has 3 N–H and O–H groups in total. The minimum absolute atomic E-state index is 0.0508. The minimum Gasteiger partial charge on any atom is -0.497 e. The van der Waals surface area contributed by atoms with Crippen molar-refractivity contribution in [3.63, 3.8) is 0 Å². The van der Waals surface area contributed by atoms with Gasteiger partial charge in [0.1, 0.15) is 5.75 Å². The van der Waals surface area contributed by atoms with E-state index in [1.807, 2.05) is 38.1 Å². The third kappa shape index (κ3) is 6.23. The largest absolute Gasteiger partial charge is 0.497 e.